The van der Waals surface area contributed by atoms with Crippen molar-refractivity contribution in [3.63, 3.8) is 0 Å². The number of carbonyl (C=O) groups is 1. The SMILES string of the molecule is Cc1cc(C)c(-c2nc(-c3ccccc3)sc2CC(=O)O)cc1C. The molecule has 4 heteroatoms. The van der Waals surface area contributed by atoms with Crippen molar-refractivity contribution in [3.8, 4) is 21.8 Å². The second kappa shape index (κ2) is 6.57. The van der Waals surface area contributed by atoms with Crippen molar-refractivity contribution < 1.29 is 9.90 Å². The molecule has 0 aliphatic carbocycles. The van der Waals surface area contributed by atoms with Gasteiger partial charge in [-0.25, -0.2) is 4.98 Å². The van der Waals surface area contributed by atoms with Crippen LogP contribution in [0.25, 0.3) is 21.8 Å². The summed E-state index contributed by atoms with van der Waals surface area (Å²) in [6.45, 7) is 6.20. The van der Waals surface area contributed by atoms with Crippen LogP contribution in [-0.2, 0) is 11.2 Å². The molecule has 0 bridgehead atoms. The maximum absolute atomic E-state index is 11.3. The zero-order chi connectivity index (χ0) is 17.3. The summed E-state index contributed by atoms with van der Waals surface area (Å²) in [5.74, 6) is -0.832. The number of carboxylic acids is 1. The minimum absolute atomic E-state index is 0.00774. The van der Waals surface area contributed by atoms with Crippen LogP contribution < -0.4 is 0 Å². The maximum Gasteiger partial charge on any atom is 0.308 e. The van der Waals surface area contributed by atoms with Crippen LogP contribution in [0.1, 0.15) is 21.6 Å². The molecule has 24 heavy (non-hydrogen) atoms. The number of hydrogen-bond donors (Lipinski definition) is 1. The molecule has 3 rings (SSSR count). The number of hydrogen-bond acceptors (Lipinski definition) is 3. The Morgan fingerprint density at radius 1 is 1.04 bits per heavy atom. The number of aliphatic carboxylic acids is 1. The molecule has 0 saturated carbocycles. The highest BCUT2D eigenvalue weighted by Gasteiger charge is 2.18. The molecule has 3 aromatic rings. The molecule has 0 aliphatic heterocycles. The molecule has 0 aliphatic rings. The standard InChI is InChI=1S/C20H19NO2S/c1-12-9-14(3)16(10-13(12)2)19-17(11-18(22)23)24-20(21-19)15-7-5-4-6-8-15/h4-10H,11H2,1-3H3,(H,22,23). The first-order valence-electron chi connectivity index (χ1n) is 7.81. The molecule has 1 N–H and O–H groups in total. The van der Waals surface area contributed by atoms with Crippen LogP contribution >= 0.6 is 11.3 Å². The molecule has 0 atom stereocenters. The van der Waals surface area contributed by atoms with Crippen LogP contribution in [0.5, 0.6) is 0 Å². The van der Waals surface area contributed by atoms with E-state index < -0.39 is 5.97 Å². The quantitative estimate of drug-likeness (QED) is 0.726. The van der Waals surface area contributed by atoms with Gasteiger partial charge < -0.3 is 5.11 Å². The molecule has 0 amide bonds. The summed E-state index contributed by atoms with van der Waals surface area (Å²) in [4.78, 5) is 16.9. The second-order valence-corrected chi connectivity index (χ2v) is 7.06. The lowest BCUT2D eigenvalue weighted by molar-refractivity contribution is -0.136. The molecule has 1 heterocycles. The lowest BCUT2D eigenvalue weighted by Gasteiger charge is -2.09. The lowest BCUT2D eigenvalue weighted by Crippen LogP contribution is -2.00. The summed E-state index contributed by atoms with van der Waals surface area (Å²) >= 11 is 1.46. The Morgan fingerprint density at radius 2 is 1.71 bits per heavy atom. The molecule has 122 valence electrons. The Hall–Kier alpha value is -2.46. The Morgan fingerprint density at radius 3 is 2.38 bits per heavy atom. The average Bonchev–Trinajstić information content (AvgIpc) is 2.94. The van der Waals surface area contributed by atoms with E-state index in [9.17, 15) is 9.90 Å². The van der Waals surface area contributed by atoms with Crippen molar-refractivity contribution in [2.45, 2.75) is 27.2 Å². The summed E-state index contributed by atoms with van der Waals surface area (Å²) in [7, 11) is 0. The van der Waals surface area contributed by atoms with E-state index >= 15 is 0 Å². The third-order valence-corrected chi connectivity index (χ3v) is 5.23. The van der Waals surface area contributed by atoms with Crippen molar-refractivity contribution in [2.24, 2.45) is 0 Å². The van der Waals surface area contributed by atoms with Gasteiger partial charge in [0.1, 0.15) is 5.01 Å². The van der Waals surface area contributed by atoms with E-state index in [1.165, 1.54) is 22.5 Å². The minimum atomic E-state index is -0.832. The van der Waals surface area contributed by atoms with E-state index in [1.807, 2.05) is 37.3 Å². The van der Waals surface area contributed by atoms with Gasteiger partial charge in [-0.2, -0.15) is 0 Å². The predicted molar refractivity (Wildman–Crippen MR) is 98.5 cm³/mol. The van der Waals surface area contributed by atoms with E-state index in [4.69, 9.17) is 4.98 Å². The van der Waals surface area contributed by atoms with Gasteiger partial charge in [0.05, 0.1) is 12.1 Å². The Kier molecular flexibility index (Phi) is 4.49. The van der Waals surface area contributed by atoms with Gasteiger partial charge >= 0.3 is 5.97 Å². The fourth-order valence-electron chi connectivity index (χ4n) is 2.74. The molecule has 2 aromatic carbocycles. The molecular formula is C20H19NO2S. The summed E-state index contributed by atoms with van der Waals surface area (Å²) in [5.41, 5.74) is 6.37. The topological polar surface area (TPSA) is 50.2 Å². The van der Waals surface area contributed by atoms with Gasteiger partial charge in [-0.1, -0.05) is 36.4 Å². The van der Waals surface area contributed by atoms with Crippen LogP contribution in [0, 0.1) is 20.8 Å². The van der Waals surface area contributed by atoms with Crippen LogP contribution in [-0.4, -0.2) is 16.1 Å². The average molecular weight is 337 g/mol. The molecule has 3 nitrogen and oxygen atoms in total. The first-order chi connectivity index (χ1) is 11.5. The van der Waals surface area contributed by atoms with Gasteiger partial charge in [-0.15, -0.1) is 11.3 Å². The van der Waals surface area contributed by atoms with Crippen molar-refractivity contribution >= 4 is 17.3 Å². The Labute approximate surface area is 145 Å². The minimum Gasteiger partial charge on any atom is -0.481 e. The highest BCUT2D eigenvalue weighted by Crippen LogP contribution is 2.36. The second-order valence-electron chi connectivity index (χ2n) is 5.98. The summed E-state index contributed by atoms with van der Waals surface area (Å²) in [5, 5.41) is 10.1. The number of rotatable bonds is 4. The molecule has 0 spiro atoms. The van der Waals surface area contributed by atoms with E-state index in [2.05, 4.69) is 26.0 Å². The Balaban J connectivity index is 2.17. The van der Waals surface area contributed by atoms with Gasteiger partial charge in [0.15, 0.2) is 0 Å². The monoisotopic (exact) mass is 337 g/mol. The summed E-state index contributed by atoms with van der Waals surface area (Å²) < 4.78 is 0. The van der Waals surface area contributed by atoms with Crippen LogP contribution in [0.15, 0.2) is 42.5 Å². The van der Waals surface area contributed by atoms with Crippen molar-refractivity contribution in [2.75, 3.05) is 0 Å². The number of aromatic nitrogens is 1. The van der Waals surface area contributed by atoms with E-state index in [-0.39, 0.29) is 6.42 Å². The predicted octanol–water partition coefficient (Wildman–Crippen LogP) is 5.03. The highest BCUT2D eigenvalue weighted by atomic mass is 32.1. The highest BCUT2D eigenvalue weighted by molar-refractivity contribution is 7.15. The molecular weight excluding hydrogens is 318 g/mol. The van der Waals surface area contributed by atoms with E-state index in [0.717, 1.165) is 32.3 Å². The number of thiazole rings is 1. The smallest absolute Gasteiger partial charge is 0.308 e. The normalized spacial score (nSPS) is 10.8. The third kappa shape index (κ3) is 3.24. The molecule has 0 saturated heterocycles. The summed E-state index contributed by atoms with van der Waals surface area (Å²) in [6, 6.07) is 14.1. The van der Waals surface area contributed by atoms with E-state index in [0.29, 0.717) is 0 Å². The van der Waals surface area contributed by atoms with Gasteiger partial charge in [0.2, 0.25) is 0 Å². The Bertz CT molecular complexity index is 898. The first kappa shape index (κ1) is 16.4. The van der Waals surface area contributed by atoms with Crippen molar-refractivity contribution in [3.05, 3.63) is 64.0 Å². The van der Waals surface area contributed by atoms with Crippen LogP contribution in [0.2, 0.25) is 0 Å². The van der Waals surface area contributed by atoms with Gasteiger partial charge in [0.25, 0.3) is 0 Å². The molecule has 1 aromatic heterocycles. The largest absolute Gasteiger partial charge is 0.481 e. The molecule has 0 radical (unpaired) electrons. The number of carboxylic acid groups (broad SMARTS) is 1. The zero-order valence-corrected chi connectivity index (χ0v) is 14.8. The van der Waals surface area contributed by atoms with Crippen molar-refractivity contribution in [1.82, 2.24) is 4.98 Å². The number of aryl methyl sites for hydroxylation is 3. The molecule has 0 unspecified atom stereocenters. The fraction of sp³-hybridized carbons (Fsp3) is 0.200. The number of nitrogens with zero attached hydrogens (tertiary/aromatic N) is 1. The third-order valence-electron chi connectivity index (χ3n) is 4.13. The van der Waals surface area contributed by atoms with Gasteiger partial charge in [-0.05, 0) is 43.5 Å². The lowest BCUT2D eigenvalue weighted by atomic mass is 9.98. The van der Waals surface area contributed by atoms with Crippen molar-refractivity contribution in [1.29, 1.82) is 0 Å². The van der Waals surface area contributed by atoms with E-state index in [1.54, 1.807) is 0 Å². The first-order valence-corrected chi connectivity index (χ1v) is 8.62. The number of benzene rings is 2. The van der Waals surface area contributed by atoms with Crippen LogP contribution in [0.3, 0.4) is 0 Å². The molecule has 0 fully saturated rings. The fourth-order valence-corrected chi connectivity index (χ4v) is 3.81. The zero-order valence-electron chi connectivity index (χ0n) is 14.0. The van der Waals surface area contributed by atoms with Gasteiger partial charge in [-0.3, -0.25) is 4.79 Å². The van der Waals surface area contributed by atoms with Crippen LogP contribution in [0.4, 0.5) is 0 Å². The van der Waals surface area contributed by atoms with Gasteiger partial charge in [0, 0.05) is 16.0 Å². The summed E-state index contributed by atoms with van der Waals surface area (Å²) in [6.07, 6.45) is -0.00774. The maximum atomic E-state index is 11.3.